The van der Waals surface area contributed by atoms with E-state index in [1.165, 1.54) is 6.07 Å². The molecule has 0 radical (unpaired) electrons. The van der Waals surface area contributed by atoms with E-state index in [2.05, 4.69) is 4.98 Å². The number of hydrogen-bond donors (Lipinski definition) is 3. The summed E-state index contributed by atoms with van der Waals surface area (Å²) in [5.74, 6) is -0.552. The Morgan fingerprint density at radius 2 is 1.95 bits per heavy atom. The van der Waals surface area contributed by atoms with Gasteiger partial charge in [0.15, 0.2) is 5.58 Å². The largest absolute Gasteiger partial charge is 0.491 e. The molecular formula is C13H18BNO5. The average molecular weight is 279 g/mol. The summed E-state index contributed by atoms with van der Waals surface area (Å²) in [7, 11) is -1.24. The molecule has 0 saturated carbocycles. The maximum atomic E-state index is 11.1. The molecule has 20 heavy (non-hydrogen) atoms. The summed E-state index contributed by atoms with van der Waals surface area (Å²) >= 11 is 0. The number of benzene rings is 1. The Hall–Kier alpha value is -1.57. The van der Waals surface area contributed by atoms with Crippen LogP contribution in [0.15, 0.2) is 27.4 Å². The van der Waals surface area contributed by atoms with E-state index in [4.69, 9.17) is 9.07 Å². The smallest absolute Gasteiger partial charge is 0.423 e. The molecule has 0 amide bonds. The Morgan fingerprint density at radius 1 is 1.30 bits per heavy atom. The molecule has 2 rings (SSSR count). The van der Waals surface area contributed by atoms with Crippen molar-refractivity contribution in [3.63, 3.8) is 0 Å². The van der Waals surface area contributed by atoms with Crippen molar-refractivity contribution in [2.24, 2.45) is 0 Å². The van der Waals surface area contributed by atoms with Gasteiger partial charge in [-0.25, -0.2) is 4.79 Å². The van der Waals surface area contributed by atoms with Crippen LogP contribution in [0.5, 0.6) is 0 Å². The molecule has 0 atom stereocenters. The van der Waals surface area contributed by atoms with Crippen LogP contribution in [0.4, 0.5) is 0 Å². The molecule has 1 aromatic heterocycles. The van der Waals surface area contributed by atoms with E-state index in [9.17, 15) is 14.9 Å². The normalized spacial score (nSPS) is 12.9. The van der Waals surface area contributed by atoms with Gasteiger partial charge in [-0.15, -0.1) is 0 Å². The highest BCUT2D eigenvalue weighted by Crippen LogP contribution is 2.25. The van der Waals surface area contributed by atoms with Crippen molar-refractivity contribution in [3.05, 3.63) is 28.7 Å². The third kappa shape index (κ3) is 2.79. The van der Waals surface area contributed by atoms with E-state index in [-0.39, 0.29) is 0 Å². The third-order valence-corrected chi connectivity index (χ3v) is 3.61. The Bertz CT molecular complexity index is 667. The molecule has 6 nitrogen and oxygen atoms in total. The zero-order valence-electron chi connectivity index (χ0n) is 11.9. The molecule has 3 N–H and O–H groups in total. The van der Waals surface area contributed by atoms with Crippen LogP contribution in [-0.4, -0.2) is 33.4 Å². The minimum Gasteiger partial charge on any atom is -0.423 e. The minimum absolute atomic E-state index is 0.344. The second-order valence-corrected chi connectivity index (χ2v) is 5.81. The highest BCUT2D eigenvalue weighted by molar-refractivity contribution is 6.60. The van der Waals surface area contributed by atoms with Gasteiger partial charge in [0.2, 0.25) is 0 Å². The molecule has 0 aliphatic rings. The molecule has 0 spiro atoms. The topological polar surface area (TPSA) is 95.7 Å². The molecule has 0 saturated heterocycles. The van der Waals surface area contributed by atoms with E-state index in [0.29, 0.717) is 16.6 Å². The van der Waals surface area contributed by atoms with Crippen molar-refractivity contribution in [2.45, 2.75) is 38.9 Å². The standard InChI is InChI=1S/C13H18BNO5/c1-12(2,17)13(3,4)20-14(18)8-5-6-9-10(7-8)19-11(16)15-9/h5-7,17-18H,1-4H3,(H,15,16). The first kappa shape index (κ1) is 14.8. The van der Waals surface area contributed by atoms with Crippen LogP contribution in [0.25, 0.3) is 11.1 Å². The summed E-state index contributed by atoms with van der Waals surface area (Å²) in [6.07, 6.45) is 0. The first-order valence-electron chi connectivity index (χ1n) is 6.31. The lowest BCUT2D eigenvalue weighted by Crippen LogP contribution is -2.53. The molecule has 2 aromatic rings. The predicted molar refractivity (Wildman–Crippen MR) is 75.9 cm³/mol. The fourth-order valence-corrected chi connectivity index (χ4v) is 1.61. The van der Waals surface area contributed by atoms with Gasteiger partial charge in [-0.2, -0.15) is 0 Å². The maximum absolute atomic E-state index is 11.1. The van der Waals surface area contributed by atoms with Gasteiger partial charge in [-0.1, -0.05) is 6.07 Å². The molecule has 0 unspecified atom stereocenters. The number of nitrogens with one attached hydrogen (secondary N) is 1. The van der Waals surface area contributed by atoms with Gasteiger partial charge in [0.1, 0.15) is 0 Å². The van der Waals surface area contributed by atoms with Crippen LogP contribution in [0.3, 0.4) is 0 Å². The number of hydrogen-bond acceptors (Lipinski definition) is 5. The van der Waals surface area contributed by atoms with Gasteiger partial charge in [0.05, 0.1) is 16.7 Å². The summed E-state index contributed by atoms with van der Waals surface area (Å²) in [4.78, 5) is 13.6. The molecular weight excluding hydrogens is 261 g/mol. The molecule has 0 aliphatic heterocycles. The molecule has 7 heteroatoms. The summed E-state index contributed by atoms with van der Waals surface area (Å²) in [5.41, 5.74) is -0.750. The molecule has 0 aliphatic carbocycles. The van der Waals surface area contributed by atoms with Crippen molar-refractivity contribution < 1.29 is 19.2 Å². The third-order valence-electron chi connectivity index (χ3n) is 3.61. The number of aromatic nitrogens is 1. The predicted octanol–water partition coefficient (Wildman–Crippen LogP) is 0.375. The van der Waals surface area contributed by atoms with Gasteiger partial charge in [-0.3, -0.25) is 4.98 Å². The van der Waals surface area contributed by atoms with Gasteiger partial charge in [0, 0.05) is 0 Å². The second kappa shape index (κ2) is 4.77. The van der Waals surface area contributed by atoms with E-state index < -0.39 is 24.1 Å². The average Bonchev–Trinajstić information content (AvgIpc) is 2.65. The van der Waals surface area contributed by atoms with Gasteiger partial charge in [-0.05, 0) is 45.3 Å². The Labute approximate surface area is 116 Å². The Kier molecular flexibility index (Phi) is 3.54. The minimum atomic E-state index is -1.24. The number of aromatic amines is 1. The van der Waals surface area contributed by atoms with Crippen molar-refractivity contribution in [1.82, 2.24) is 4.98 Å². The fourth-order valence-electron chi connectivity index (χ4n) is 1.61. The summed E-state index contributed by atoms with van der Waals surface area (Å²) in [5, 5.41) is 20.1. The summed E-state index contributed by atoms with van der Waals surface area (Å²) in [6, 6.07) is 4.77. The van der Waals surface area contributed by atoms with E-state index >= 15 is 0 Å². The van der Waals surface area contributed by atoms with Crippen LogP contribution in [0, 0.1) is 0 Å². The number of oxazole rings is 1. The number of fused-ring (bicyclic) bond motifs is 1. The van der Waals surface area contributed by atoms with Gasteiger partial charge >= 0.3 is 12.9 Å². The monoisotopic (exact) mass is 279 g/mol. The fraction of sp³-hybridized carbons (Fsp3) is 0.462. The van der Waals surface area contributed by atoms with Crippen LogP contribution < -0.4 is 11.2 Å². The first-order valence-corrected chi connectivity index (χ1v) is 6.31. The van der Waals surface area contributed by atoms with E-state index in [1.54, 1.807) is 39.8 Å². The summed E-state index contributed by atoms with van der Waals surface area (Å²) < 4.78 is 10.4. The van der Waals surface area contributed by atoms with Crippen molar-refractivity contribution in [3.8, 4) is 0 Å². The summed E-state index contributed by atoms with van der Waals surface area (Å²) in [6.45, 7) is 6.58. The van der Waals surface area contributed by atoms with Crippen molar-refractivity contribution in [1.29, 1.82) is 0 Å². The molecule has 108 valence electrons. The van der Waals surface area contributed by atoms with E-state index in [0.717, 1.165) is 0 Å². The Balaban J connectivity index is 2.27. The number of rotatable bonds is 4. The highest BCUT2D eigenvalue weighted by atomic mass is 16.5. The second-order valence-electron chi connectivity index (χ2n) is 5.81. The molecule has 0 bridgehead atoms. The number of H-pyrrole nitrogens is 1. The van der Waals surface area contributed by atoms with Crippen molar-refractivity contribution >= 4 is 23.7 Å². The van der Waals surface area contributed by atoms with Crippen molar-refractivity contribution in [2.75, 3.05) is 0 Å². The highest BCUT2D eigenvalue weighted by Gasteiger charge is 2.39. The van der Waals surface area contributed by atoms with Crippen LogP contribution >= 0.6 is 0 Å². The number of aliphatic hydroxyl groups is 1. The maximum Gasteiger partial charge on any atom is 0.491 e. The lowest BCUT2D eigenvalue weighted by Gasteiger charge is -2.38. The van der Waals surface area contributed by atoms with Crippen LogP contribution in [-0.2, 0) is 4.65 Å². The van der Waals surface area contributed by atoms with Crippen LogP contribution in [0.1, 0.15) is 27.7 Å². The Morgan fingerprint density at radius 3 is 2.55 bits per heavy atom. The quantitative estimate of drug-likeness (QED) is 0.703. The lowest BCUT2D eigenvalue weighted by atomic mass is 9.76. The first-order chi connectivity index (χ1) is 9.10. The molecule has 1 aromatic carbocycles. The lowest BCUT2D eigenvalue weighted by molar-refractivity contribution is -0.0982. The molecule has 0 fully saturated rings. The molecule has 1 heterocycles. The SMILES string of the molecule is CC(C)(O)C(C)(C)OB(O)c1ccc2[nH]c(=O)oc2c1. The zero-order valence-corrected chi connectivity index (χ0v) is 11.9. The van der Waals surface area contributed by atoms with E-state index in [1.807, 2.05) is 0 Å². The van der Waals surface area contributed by atoms with Crippen LogP contribution in [0.2, 0.25) is 0 Å². The van der Waals surface area contributed by atoms with Gasteiger partial charge < -0.3 is 19.2 Å². The van der Waals surface area contributed by atoms with Gasteiger partial charge in [0.25, 0.3) is 0 Å². The zero-order chi connectivity index (χ0) is 15.1.